The van der Waals surface area contributed by atoms with Gasteiger partial charge in [-0.2, -0.15) is 0 Å². The molecule has 2 aromatic carbocycles. The number of hydrogen-bond acceptors (Lipinski definition) is 10. The molecule has 1 fully saturated rings. The van der Waals surface area contributed by atoms with Gasteiger partial charge in [-0.25, -0.2) is 9.13 Å². The third-order valence-electron chi connectivity index (χ3n) is 16.9. The molecule has 6 aromatic rings. The zero-order valence-electron chi connectivity index (χ0n) is 44.7. The molecule has 1 aliphatic carbocycles. The van der Waals surface area contributed by atoms with E-state index in [2.05, 4.69) is 13.8 Å². The van der Waals surface area contributed by atoms with Gasteiger partial charge in [0.15, 0.2) is 0 Å². The molecule has 0 spiro atoms. The molecular formula is C60H80N4O10. The van der Waals surface area contributed by atoms with Crippen molar-refractivity contribution in [3.8, 4) is 0 Å². The normalized spacial score (nSPS) is 17.2. The van der Waals surface area contributed by atoms with Gasteiger partial charge in [-0.1, -0.05) is 155 Å². The Kier molecular flexibility index (Phi) is 19.9. The highest BCUT2D eigenvalue weighted by molar-refractivity contribution is 6.00. The fourth-order valence-corrected chi connectivity index (χ4v) is 12.9. The van der Waals surface area contributed by atoms with Gasteiger partial charge in [-0.05, 0) is 86.5 Å². The van der Waals surface area contributed by atoms with Crippen LogP contribution in [0.5, 0.6) is 0 Å². The van der Waals surface area contributed by atoms with Gasteiger partial charge in [-0.15, -0.1) is 0 Å². The van der Waals surface area contributed by atoms with Gasteiger partial charge in [0.2, 0.25) is 11.8 Å². The summed E-state index contributed by atoms with van der Waals surface area (Å²) in [6.07, 6.45) is 33.1. The second-order valence-electron chi connectivity index (χ2n) is 22.0. The molecule has 0 aliphatic heterocycles. The largest absolute Gasteiger partial charge is 0.274 e. The van der Waals surface area contributed by atoms with Crippen molar-refractivity contribution < 1.29 is 9.59 Å². The van der Waals surface area contributed by atoms with Gasteiger partial charge >= 0.3 is 0 Å². The molecule has 4 atom stereocenters. The molecular weight excluding hydrogens is 937 g/mol. The highest BCUT2D eigenvalue weighted by atomic mass is 16.2. The van der Waals surface area contributed by atoms with E-state index in [-0.39, 0.29) is 56.2 Å². The lowest BCUT2D eigenvalue weighted by atomic mass is 9.61. The minimum atomic E-state index is -0.767. The monoisotopic (exact) mass is 1020 g/mol. The molecule has 0 N–H and O–H groups in total. The molecule has 400 valence electrons. The number of aromatic nitrogens is 4. The van der Waals surface area contributed by atoms with Crippen LogP contribution in [-0.4, -0.2) is 30.1 Å². The Balaban J connectivity index is 0.904. The van der Waals surface area contributed by atoms with Crippen molar-refractivity contribution in [2.75, 3.05) is 0 Å². The van der Waals surface area contributed by atoms with Crippen LogP contribution >= 0.6 is 0 Å². The average Bonchev–Trinajstić information content (AvgIpc) is 3.97. The highest BCUT2D eigenvalue weighted by Crippen LogP contribution is 2.48. The molecule has 0 saturated heterocycles. The van der Waals surface area contributed by atoms with Crippen LogP contribution in [0, 0.1) is 23.7 Å². The number of carbonyl (C=O) groups is 2. The van der Waals surface area contributed by atoms with Crippen LogP contribution in [0.4, 0.5) is 0 Å². The molecule has 0 bridgehead atoms. The lowest BCUT2D eigenvalue weighted by Crippen LogP contribution is -2.35. The van der Waals surface area contributed by atoms with Crippen molar-refractivity contribution in [1.29, 1.82) is 0 Å². The predicted octanol–water partition coefficient (Wildman–Crippen LogP) is 10.6. The van der Waals surface area contributed by atoms with Crippen LogP contribution in [0.3, 0.4) is 0 Å². The SMILES string of the molecule is CCCCCCCCC1C(CCCCCC)CCC(CCCCCCCCn2c(=O)c3cc4c(=O)n(C(C)=O)c(=O)c4cc3c2=O)C1CCCCCCCCn1c(=O)c2cc3c(=O)n(C(C)=O)c(=O)c3cc2c1=O. The summed E-state index contributed by atoms with van der Waals surface area (Å²) in [5.41, 5.74) is -4.94. The number of rotatable bonds is 30. The molecule has 4 heterocycles. The maximum atomic E-state index is 13.3. The molecule has 4 unspecified atom stereocenters. The van der Waals surface area contributed by atoms with Gasteiger partial charge in [0, 0.05) is 26.9 Å². The predicted molar refractivity (Wildman–Crippen MR) is 297 cm³/mol. The van der Waals surface area contributed by atoms with Crippen LogP contribution in [0.2, 0.25) is 0 Å². The average molecular weight is 1020 g/mol. The third kappa shape index (κ3) is 12.4. The third-order valence-corrected chi connectivity index (χ3v) is 16.9. The second kappa shape index (κ2) is 26.2. The van der Waals surface area contributed by atoms with Crippen LogP contribution < -0.4 is 44.5 Å². The van der Waals surface area contributed by atoms with Crippen LogP contribution in [0.1, 0.15) is 217 Å². The first-order valence-electron chi connectivity index (χ1n) is 28.6. The summed E-state index contributed by atoms with van der Waals surface area (Å²) in [6.45, 7) is 7.37. The Hall–Kier alpha value is -5.66. The Morgan fingerprint density at radius 3 is 0.892 bits per heavy atom. The van der Waals surface area contributed by atoms with E-state index in [9.17, 15) is 47.9 Å². The zero-order chi connectivity index (χ0) is 53.1. The Morgan fingerprint density at radius 2 is 0.595 bits per heavy atom. The summed E-state index contributed by atoms with van der Waals surface area (Å²) in [5.74, 6) is 1.66. The Morgan fingerprint density at radius 1 is 0.351 bits per heavy atom. The van der Waals surface area contributed by atoms with Gasteiger partial charge < -0.3 is 0 Å². The maximum Gasteiger partial charge on any atom is 0.268 e. The highest BCUT2D eigenvalue weighted by Gasteiger charge is 2.38. The topological polar surface area (TPSA) is 190 Å². The summed E-state index contributed by atoms with van der Waals surface area (Å²) >= 11 is 0. The quantitative estimate of drug-likeness (QED) is 0.0392. The van der Waals surface area contributed by atoms with Crippen molar-refractivity contribution in [3.05, 3.63) is 107 Å². The van der Waals surface area contributed by atoms with E-state index in [1.54, 1.807) is 0 Å². The molecule has 14 heteroatoms. The summed E-state index contributed by atoms with van der Waals surface area (Å²) < 4.78 is 3.53. The number of benzene rings is 2. The maximum absolute atomic E-state index is 13.3. The van der Waals surface area contributed by atoms with Crippen molar-refractivity contribution in [1.82, 2.24) is 18.3 Å². The molecule has 4 aromatic heterocycles. The lowest BCUT2D eigenvalue weighted by molar-refractivity contribution is 0.0581. The van der Waals surface area contributed by atoms with E-state index in [4.69, 9.17) is 0 Å². The summed E-state index contributed by atoms with van der Waals surface area (Å²) in [4.78, 5) is 128. The van der Waals surface area contributed by atoms with E-state index in [0.717, 1.165) is 88.9 Å². The van der Waals surface area contributed by atoms with Crippen molar-refractivity contribution in [2.45, 2.75) is 221 Å². The summed E-state index contributed by atoms with van der Waals surface area (Å²) in [7, 11) is 0. The van der Waals surface area contributed by atoms with E-state index in [0.29, 0.717) is 22.0 Å². The smallest absolute Gasteiger partial charge is 0.268 e. The summed E-state index contributed by atoms with van der Waals surface area (Å²) in [5, 5.41) is 0.336. The van der Waals surface area contributed by atoms with Crippen molar-refractivity contribution >= 4 is 54.9 Å². The van der Waals surface area contributed by atoms with Crippen LogP contribution in [-0.2, 0) is 13.1 Å². The molecule has 14 nitrogen and oxygen atoms in total. The number of fused-ring (bicyclic) bond motifs is 4. The van der Waals surface area contributed by atoms with Gasteiger partial charge in [0.05, 0.1) is 43.1 Å². The minimum absolute atomic E-state index is 0.0201. The van der Waals surface area contributed by atoms with E-state index in [1.165, 1.54) is 149 Å². The number of nitrogens with zero attached hydrogens (tertiary/aromatic N) is 4. The number of hydrogen-bond donors (Lipinski definition) is 0. The molecule has 1 aliphatic rings. The second-order valence-corrected chi connectivity index (χ2v) is 22.0. The fraction of sp³-hybridized carbons (Fsp3) is 0.633. The standard InChI is InChI=1S/C60H80N4O10/c1-5-7-9-11-17-23-29-43-41(27-21-10-8-6-2)31-32-42(28-22-16-12-14-19-25-33-61-53(67)45-35-49-50(36-46(45)54(61)68)58(72)63(39(3)65)57(49)71)44(43)30-24-18-13-15-20-26-34-62-55(69)47-37-51-52(38-48(47)56(62)70)60(74)64(40(4)66)59(51)73/h35-38,41-44H,5-34H2,1-4H3. The first kappa shape index (κ1) is 56.1. The first-order valence-corrected chi connectivity index (χ1v) is 28.6. The fourth-order valence-electron chi connectivity index (χ4n) is 12.9. The van der Waals surface area contributed by atoms with Crippen LogP contribution in [0.25, 0.3) is 43.1 Å². The molecule has 1 saturated carbocycles. The van der Waals surface area contributed by atoms with Crippen LogP contribution in [0.15, 0.2) is 62.6 Å². The minimum Gasteiger partial charge on any atom is -0.274 e. The van der Waals surface area contributed by atoms with E-state index >= 15 is 0 Å². The molecule has 0 radical (unpaired) electrons. The first-order chi connectivity index (χ1) is 35.7. The van der Waals surface area contributed by atoms with Gasteiger partial charge in [-0.3, -0.25) is 57.1 Å². The van der Waals surface area contributed by atoms with Crippen molar-refractivity contribution in [3.63, 3.8) is 0 Å². The van der Waals surface area contributed by atoms with Gasteiger partial charge in [0.25, 0.3) is 44.5 Å². The molecule has 0 amide bonds. The summed E-state index contributed by atoms with van der Waals surface area (Å²) in [6, 6.07) is 5.18. The lowest BCUT2D eigenvalue weighted by Gasteiger charge is -2.44. The number of unbranched alkanes of at least 4 members (excludes halogenated alkanes) is 18. The van der Waals surface area contributed by atoms with E-state index < -0.39 is 56.3 Å². The molecule has 74 heavy (non-hydrogen) atoms. The Labute approximate surface area is 432 Å². The van der Waals surface area contributed by atoms with E-state index in [1.807, 2.05) is 0 Å². The number of carbonyl (C=O) groups excluding carboxylic acids is 2. The van der Waals surface area contributed by atoms with Crippen molar-refractivity contribution in [2.24, 2.45) is 23.7 Å². The van der Waals surface area contributed by atoms with Gasteiger partial charge in [0.1, 0.15) is 0 Å². The Bertz CT molecular complexity index is 3190. The molecule has 7 rings (SSSR count). The zero-order valence-corrected chi connectivity index (χ0v) is 44.7.